The fourth-order valence-corrected chi connectivity index (χ4v) is 2.41. The molecule has 0 aliphatic carbocycles. The molecule has 1 aromatic heterocycles. The Morgan fingerprint density at radius 1 is 0.947 bits per heavy atom. The molecule has 0 aliphatic rings. The third kappa shape index (κ3) is 2.50. The summed E-state index contributed by atoms with van der Waals surface area (Å²) in [7, 11) is 0. The van der Waals surface area contributed by atoms with E-state index in [0.717, 1.165) is 22.6 Å². The fourth-order valence-electron chi connectivity index (χ4n) is 1.90. The lowest BCUT2D eigenvalue weighted by atomic mass is 10.2. The summed E-state index contributed by atoms with van der Waals surface area (Å²) in [6.07, 6.45) is 1.84. The van der Waals surface area contributed by atoms with Gasteiger partial charge in [-0.25, -0.2) is 4.98 Å². The SMILES string of the molecule is Clc1ccc(-c2c[nH]c(-c3ccccc3)n2)c(Cl)c1. The summed E-state index contributed by atoms with van der Waals surface area (Å²) >= 11 is 12.1. The molecule has 19 heavy (non-hydrogen) atoms. The van der Waals surface area contributed by atoms with E-state index in [4.69, 9.17) is 23.2 Å². The highest BCUT2D eigenvalue weighted by Crippen LogP contribution is 2.30. The van der Waals surface area contributed by atoms with Crippen molar-refractivity contribution in [2.45, 2.75) is 0 Å². The van der Waals surface area contributed by atoms with Crippen molar-refractivity contribution >= 4 is 23.2 Å². The Kier molecular flexibility index (Phi) is 3.28. The molecule has 1 N–H and O–H groups in total. The van der Waals surface area contributed by atoms with Crippen LogP contribution in [-0.4, -0.2) is 9.97 Å². The van der Waals surface area contributed by atoms with Crippen molar-refractivity contribution < 1.29 is 0 Å². The minimum atomic E-state index is 0.596. The molecule has 4 heteroatoms. The quantitative estimate of drug-likeness (QED) is 0.702. The van der Waals surface area contributed by atoms with Gasteiger partial charge in [0, 0.05) is 22.3 Å². The highest BCUT2D eigenvalue weighted by Gasteiger charge is 2.09. The maximum atomic E-state index is 6.18. The summed E-state index contributed by atoms with van der Waals surface area (Å²) in [5.74, 6) is 0.821. The van der Waals surface area contributed by atoms with Crippen molar-refractivity contribution in [2.24, 2.45) is 0 Å². The number of halogens is 2. The molecule has 1 heterocycles. The maximum Gasteiger partial charge on any atom is 0.138 e. The molecule has 0 saturated heterocycles. The van der Waals surface area contributed by atoms with Gasteiger partial charge in [-0.3, -0.25) is 0 Å². The van der Waals surface area contributed by atoms with E-state index in [1.54, 1.807) is 12.1 Å². The minimum absolute atomic E-state index is 0.596. The Balaban J connectivity index is 2.02. The van der Waals surface area contributed by atoms with Crippen molar-refractivity contribution in [2.75, 3.05) is 0 Å². The highest BCUT2D eigenvalue weighted by molar-refractivity contribution is 6.36. The van der Waals surface area contributed by atoms with Crippen LogP contribution < -0.4 is 0 Å². The van der Waals surface area contributed by atoms with Gasteiger partial charge in [0.05, 0.1) is 10.7 Å². The lowest BCUT2D eigenvalue weighted by molar-refractivity contribution is 1.31. The molecule has 3 aromatic rings. The van der Waals surface area contributed by atoms with E-state index in [9.17, 15) is 0 Å². The van der Waals surface area contributed by atoms with Crippen LogP contribution in [0, 0.1) is 0 Å². The lowest BCUT2D eigenvalue weighted by Gasteiger charge is -2.00. The topological polar surface area (TPSA) is 28.7 Å². The second kappa shape index (κ2) is 5.08. The first-order valence-electron chi connectivity index (χ1n) is 5.80. The fraction of sp³-hybridized carbons (Fsp3) is 0. The third-order valence-electron chi connectivity index (χ3n) is 2.83. The molecule has 94 valence electrons. The van der Waals surface area contributed by atoms with Crippen molar-refractivity contribution in [3.05, 3.63) is 64.8 Å². The molecule has 0 aliphatic heterocycles. The highest BCUT2D eigenvalue weighted by atomic mass is 35.5. The number of H-pyrrole nitrogens is 1. The Bertz CT molecular complexity index is 705. The van der Waals surface area contributed by atoms with E-state index in [1.165, 1.54) is 0 Å². The van der Waals surface area contributed by atoms with Crippen LogP contribution in [0.3, 0.4) is 0 Å². The number of imidazole rings is 1. The Labute approximate surface area is 121 Å². The molecule has 2 nitrogen and oxygen atoms in total. The van der Waals surface area contributed by atoms with Crippen LogP contribution in [0.4, 0.5) is 0 Å². The van der Waals surface area contributed by atoms with Crippen LogP contribution >= 0.6 is 23.2 Å². The zero-order chi connectivity index (χ0) is 13.2. The number of aromatic nitrogens is 2. The van der Waals surface area contributed by atoms with E-state index in [1.807, 2.05) is 42.6 Å². The molecule has 0 spiro atoms. The maximum absolute atomic E-state index is 6.18. The second-order valence-electron chi connectivity index (χ2n) is 4.12. The van der Waals surface area contributed by atoms with Crippen LogP contribution in [0.25, 0.3) is 22.6 Å². The lowest BCUT2D eigenvalue weighted by Crippen LogP contribution is -1.81. The Hall–Kier alpha value is -1.77. The van der Waals surface area contributed by atoms with Crippen molar-refractivity contribution in [3.63, 3.8) is 0 Å². The summed E-state index contributed by atoms with van der Waals surface area (Å²) in [5, 5.41) is 1.21. The number of rotatable bonds is 2. The van der Waals surface area contributed by atoms with Crippen molar-refractivity contribution in [3.8, 4) is 22.6 Å². The number of hydrogen-bond acceptors (Lipinski definition) is 1. The zero-order valence-corrected chi connectivity index (χ0v) is 11.4. The standard InChI is InChI=1S/C15H10Cl2N2/c16-11-6-7-12(13(17)8-11)14-9-18-15(19-14)10-4-2-1-3-5-10/h1-9H,(H,18,19). The second-order valence-corrected chi connectivity index (χ2v) is 4.97. The van der Waals surface area contributed by atoms with Gasteiger partial charge in [-0.05, 0) is 18.2 Å². The van der Waals surface area contributed by atoms with Crippen LogP contribution in [-0.2, 0) is 0 Å². The van der Waals surface area contributed by atoms with Crippen molar-refractivity contribution in [1.82, 2.24) is 9.97 Å². The average molecular weight is 289 g/mol. The molecule has 0 saturated carbocycles. The first kappa shape index (κ1) is 12.3. The van der Waals surface area contributed by atoms with Crippen LogP contribution in [0.2, 0.25) is 10.0 Å². The Morgan fingerprint density at radius 2 is 1.74 bits per heavy atom. The van der Waals surface area contributed by atoms with Gasteiger partial charge in [-0.15, -0.1) is 0 Å². The van der Waals surface area contributed by atoms with Crippen LogP contribution in [0.5, 0.6) is 0 Å². The van der Waals surface area contributed by atoms with Crippen molar-refractivity contribution in [1.29, 1.82) is 0 Å². The number of nitrogens with zero attached hydrogens (tertiary/aromatic N) is 1. The van der Waals surface area contributed by atoms with E-state index in [2.05, 4.69) is 9.97 Å². The van der Waals surface area contributed by atoms with Gasteiger partial charge < -0.3 is 4.98 Å². The molecule has 0 bridgehead atoms. The normalized spacial score (nSPS) is 10.6. The largest absolute Gasteiger partial charge is 0.344 e. The number of aromatic amines is 1. The molecular formula is C15H10Cl2N2. The molecule has 0 unspecified atom stereocenters. The number of hydrogen-bond donors (Lipinski definition) is 1. The molecular weight excluding hydrogens is 279 g/mol. The van der Waals surface area contributed by atoms with Gasteiger partial charge in [-0.2, -0.15) is 0 Å². The molecule has 0 atom stereocenters. The Morgan fingerprint density at radius 3 is 2.47 bits per heavy atom. The van der Waals surface area contributed by atoms with Gasteiger partial charge in [0.1, 0.15) is 5.82 Å². The van der Waals surface area contributed by atoms with Crippen LogP contribution in [0.15, 0.2) is 54.7 Å². The summed E-state index contributed by atoms with van der Waals surface area (Å²) in [5.41, 5.74) is 2.71. The van der Waals surface area contributed by atoms with Gasteiger partial charge >= 0.3 is 0 Å². The first-order chi connectivity index (χ1) is 9.24. The monoisotopic (exact) mass is 288 g/mol. The van der Waals surface area contributed by atoms with Crippen LogP contribution in [0.1, 0.15) is 0 Å². The first-order valence-corrected chi connectivity index (χ1v) is 6.56. The third-order valence-corrected chi connectivity index (χ3v) is 3.38. The average Bonchev–Trinajstić information content (AvgIpc) is 2.89. The van der Waals surface area contributed by atoms with Gasteiger partial charge in [0.2, 0.25) is 0 Å². The molecule has 0 radical (unpaired) electrons. The van der Waals surface area contributed by atoms with E-state index >= 15 is 0 Å². The summed E-state index contributed by atoms with van der Waals surface area (Å²) in [4.78, 5) is 7.72. The molecule has 0 fully saturated rings. The summed E-state index contributed by atoms with van der Waals surface area (Å²) in [6.45, 7) is 0. The van der Waals surface area contributed by atoms with E-state index < -0.39 is 0 Å². The zero-order valence-electron chi connectivity index (χ0n) is 9.90. The molecule has 2 aromatic carbocycles. The van der Waals surface area contributed by atoms with Gasteiger partial charge in [-0.1, -0.05) is 53.5 Å². The summed E-state index contributed by atoms with van der Waals surface area (Å²) < 4.78 is 0. The molecule has 0 amide bonds. The smallest absolute Gasteiger partial charge is 0.138 e. The van der Waals surface area contributed by atoms with E-state index in [-0.39, 0.29) is 0 Å². The van der Waals surface area contributed by atoms with E-state index in [0.29, 0.717) is 10.0 Å². The number of benzene rings is 2. The minimum Gasteiger partial charge on any atom is -0.344 e. The summed E-state index contributed by atoms with van der Waals surface area (Å²) in [6, 6.07) is 15.3. The molecule has 3 rings (SSSR count). The number of nitrogens with one attached hydrogen (secondary N) is 1. The predicted molar refractivity (Wildman–Crippen MR) is 79.5 cm³/mol. The predicted octanol–water partition coefficient (Wildman–Crippen LogP) is 5.05. The van der Waals surface area contributed by atoms with Gasteiger partial charge in [0.15, 0.2) is 0 Å². The van der Waals surface area contributed by atoms with Gasteiger partial charge in [0.25, 0.3) is 0 Å².